The third kappa shape index (κ3) is 2.78. The third-order valence-corrected chi connectivity index (χ3v) is 12.9. The summed E-state index contributed by atoms with van der Waals surface area (Å²) in [4.78, 5) is 0. The number of hydrogen-bond donors (Lipinski definition) is 2. The molecule has 9 atom stereocenters. The zero-order valence-electron chi connectivity index (χ0n) is 22.2. The van der Waals surface area contributed by atoms with Crippen LogP contribution in [0.4, 0.5) is 0 Å². The molecule has 4 fully saturated rings. The van der Waals surface area contributed by atoms with E-state index in [-0.39, 0.29) is 10.8 Å². The van der Waals surface area contributed by atoms with Crippen molar-refractivity contribution in [2.45, 2.75) is 125 Å². The predicted octanol–water partition coefficient (Wildman–Crippen LogP) is 7.14. The molecule has 0 aromatic heterocycles. The van der Waals surface area contributed by atoms with Crippen molar-refractivity contribution in [3.05, 3.63) is 11.6 Å². The second-order valence-electron chi connectivity index (χ2n) is 15.3. The quantitative estimate of drug-likeness (QED) is 0.391. The van der Waals surface area contributed by atoms with Gasteiger partial charge in [-0.1, -0.05) is 67.0 Å². The van der Waals surface area contributed by atoms with Gasteiger partial charge in [-0.25, -0.2) is 0 Å². The lowest BCUT2D eigenvalue weighted by atomic mass is 9.32. The molecule has 5 aliphatic carbocycles. The van der Waals surface area contributed by atoms with Gasteiger partial charge < -0.3 is 10.2 Å². The van der Waals surface area contributed by atoms with Crippen molar-refractivity contribution in [1.82, 2.24) is 0 Å². The van der Waals surface area contributed by atoms with Crippen LogP contribution in [-0.2, 0) is 0 Å². The summed E-state index contributed by atoms with van der Waals surface area (Å²) in [5.41, 5.74) is 3.11. The van der Waals surface area contributed by atoms with Gasteiger partial charge in [0, 0.05) is 0 Å². The molecule has 182 valence electrons. The van der Waals surface area contributed by atoms with Gasteiger partial charge in [-0.3, -0.25) is 0 Å². The minimum absolute atomic E-state index is 0.115. The standard InChI is InChI=1S/C30H50O2/c1-25(2)13-14-27(5)15-16-29(7)19(20(27)17-25)9-10-23-28(6)18-21(31)24(32)26(3,4)22(28)11-12-30(23,29)8/h17,19,21-24,31-32H,9-16,18H2,1-8H3/t19-,21-,22?,23-,24+,27-,28+,29-,30-/m1/s1. The van der Waals surface area contributed by atoms with Crippen LogP contribution < -0.4 is 0 Å². The second kappa shape index (κ2) is 6.66. The van der Waals surface area contributed by atoms with Crippen LogP contribution in [0, 0.1) is 50.2 Å². The molecular weight excluding hydrogens is 392 g/mol. The van der Waals surface area contributed by atoms with Crippen molar-refractivity contribution in [3.8, 4) is 0 Å². The van der Waals surface area contributed by atoms with E-state index < -0.39 is 12.2 Å². The summed E-state index contributed by atoms with van der Waals surface area (Å²) >= 11 is 0. The van der Waals surface area contributed by atoms with E-state index in [2.05, 4.69) is 61.5 Å². The molecule has 5 aliphatic rings. The van der Waals surface area contributed by atoms with Gasteiger partial charge in [-0.05, 0) is 108 Å². The summed E-state index contributed by atoms with van der Waals surface area (Å²) in [6, 6.07) is 0. The van der Waals surface area contributed by atoms with Gasteiger partial charge >= 0.3 is 0 Å². The Balaban J connectivity index is 1.57. The first-order valence-electron chi connectivity index (χ1n) is 13.7. The highest BCUT2D eigenvalue weighted by Gasteiger charge is 2.69. The van der Waals surface area contributed by atoms with Crippen molar-refractivity contribution < 1.29 is 10.2 Å². The zero-order valence-corrected chi connectivity index (χ0v) is 22.2. The first-order chi connectivity index (χ1) is 14.6. The van der Waals surface area contributed by atoms with E-state index in [0.29, 0.717) is 39.4 Å². The van der Waals surface area contributed by atoms with E-state index in [1.54, 1.807) is 0 Å². The average Bonchev–Trinajstić information content (AvgIpc) is 2.68. The average molecular weight is 443 g/mol. The lowest BCUT2D eigenvalue weighted by Crippen LogP contribution is -2.67. The van der Waals surface area contributed by atoms with Gasteiger partial charge in [0.1, 0.15) is 0 Å². The zero-order chi connectivity index (χ0) is 23.5. The maximum atomic E-state index is 11.0. The number of aliphatic hydroxyl groups is 2. The second-order valence-corrected chi connectivity index (χ2v) is 15.3. The fourth-order valence-corrected chi connectivity index (χ4v) is 10.8. The third-order valence-electron chi connectivity index (χ3n) is 12.9. The number of rotatable bonds is 0. The number of fused-ring (bicyclic) bond motifs is 7. The van der Waals surface area contributed by atoms with Gasteiger partial charge in [0.05, 0.1) is 12.2 Å². The molecule has 0 bridgehead atoms. The van der Waals surface area contributed by atoms with Crippen LogP contribution in [0.2, 0.25) is 0 Å². The molecule has 4 saturated carbocycles. The fraction of sp³-hybridized carbons (Fsp3) is 0.933. The lowest BCUT2D eigenvalue weighted by Gasteiger charge is -2.72. The Bertz CT molecular complexity index is 825. The largest absolute Gasteiger partial charge is 0.390 e. The maximum absolute atomic E-state index is 11.0. The van der Waals surface area contributed by atoms with Crippen LogP contribution in [0.15, 0.2) is 11.6 Å². The molecule has 0 aliphatic heterocycles. The molecule has 5 rings (SSSR count). The Morgan fingerprint density at radius 1 is 0.719 bits per heavy atom. The van der Waals surface area contributed by atoms with Crippen LogP contribution in [0.5, 0.6) is 0 Å². The van der Waals surface area contributed by atoms with Gasteiger partial charge in [0.2, 0.25) is 0 Å². The molecule has 1 unspecified atom stereocenters. The Hall–Kier alpha value is -0.340. The molecule has 2 N–H and O–H groups in total. The minimum atomic E-state index is -0.595. The number of aliphatic hydroxyl groups excluding tert-OH is 2. The highest BCUT2D eigenvalue weighted by Crippen LogP contribution is 2.76. The first kappa shape index (κ1) is 23.4. The molecular formula is C30H50O2. The number of hydrogen-bond acceptors (Lipinski definition) is 2. The van der Waals surface area contributed by atoms with E-state index in [4.69, 9.17) is 0 Å². The van der Waals surface area contributed by atoms with E-state index in [9.17, 15) is 10.2 Å². The van der Waals surface area contributed by atoms with E-state index >= 15 is 0 Å². The Morgan fingerprint density at radius 2 is 1.38 bits per heavy atom. The molecule has 0 spiro atoms. The SMILES string of the molecule is CC1(C)C=C2[C@H]3CC[C@@H]4[C@@]5(C)C[C@@H](O)[C@H](O)C(C)(C)C5CC[C@@]4(C)[C@]3(C)CC[C@@]2(C)CC1. The van der Waals surface area contributed by atoms with Crippen molar-refractivity contribution >= 4 is 0 Å². The molecule has 0 aromatic rings. The molecule has 0 aromatic carbocycles. The number of allylic oxidation sites excluding steroid dienone is 2. The smallest absolute Gasteiger partial charge is 0.0852 e. The highest BCUT2D eigenvalue weighted by molar-refractivity contribution is 5.31. The summed E-state index contributed by atoms with van der Waals surface area (Å²) in [6.45, 7) is 19.7. The van der Waals surface area contributed by atoms with Gasteiger partial charge in [-0.15, -0.1) is 0 Å². The lowest BCUT2D eigenvalue weighted by molar-refractivity contribution is -0.250. The van der Waals surface area contributed by atoms with Crippen LogP contribution in [0.25, 0.3) is 0 Å². The van der Waals surface area contributed by atoms with Crippen LogP contribution >= 0.6 is 0 Å². The molecule has 0 amide bonds. The summed E-state index contributed by atoms with van der Waals surface area (Å²) in [6.07, 6.45) is 12.8. The van der Waals surface area contributed by atoms with Crippen LogP contribution in [-0.4, -0.2) is 22.4 Å². The molecule has 32 heavy (non-hydrogen) atoms. The maximum Gasteiger partial charge on any atom is 0.0852 e. The Labute approximate surface area is 197 Å². The summed E-state index contributed by atoms with van der Waals surface area (Å²) in [5.74, 6) is 1.85. The molecule has 2 nitrogen and oxygen atoms in total. The van der Waals surface area contributed by atoms with Gasteiger partial charge in [-0.2, -0.15) is 0 Å². The van der Waals surface area contributed by atoms with Crippen molar-refractivity contribution in [1.29, 1.82) is 0 Å². The first-order valence-corrected chi connectivity index (χ1v) is 13.7. The van der Waals surface area contributed by atoms with E-state index in [1.165, 1.54) is 51.4 Å². The monoisotopic (exact) mass is 442 g/mol. The predicted molar refractivity (Wildman–Crippen MR) is 132 cm³/mol. The molecule has 0 radical (unpaired) electrons. The Morgan fingerprint density at radius 3 is 2.06 bits per heavy atom. The van der Waals surface area contributed by atoms with Crippen molar-refractivity contribution in [2.24, 2.45) is 50.2 Å². The van der Waals surface area contributed by atoms with Gasteiger partial charge in [0.15, 0.2) is 0 Å². The highest BCUT2D eigenvalue weighted by atomic mass is 16.3. The fourth-order valence-electron chi connectivity index (χ4n) is 10.8. The summed E-state index contributed by atoms with van der Waals surface area (Å²) < 4.78 is 0. The summed E-state index contributed by atoms with van der Waals surface area (Å²) in [7, 11) is 0. The van der Waals surface area contributed by atoms with Crippen LogP contribution in [0.3, 0.4) is 0 Å². The topological polar surface area (TPSA) is 40.5 Å². The minimum Gasteiger partial charge on any atom is -0.390 e. The molecule has 2 heteroatoms. The molecule has 0 heterocycles. The molecule has 0 saturated heterocycles. The van der Waals surface area contributed by atoms with Crippen molar-refractivity contribution in [3.63, 3.8) is 0 Å². The van der Waals surface area contributed by atoms with E-state index in [1.807, 2.05) is 5.57 Å². The van der Waals surface area contributed by atoms with Crippen LogP contribution in [0.1, 0.15) is 113 Å². The van der Waals surface area contributed by atoms with E-state index in [0.717, 1.165) is 6.42 Å². The normalized spacial score (nSPS) is 56.2. The van der Waals surface area contributed by atoms with Crippen molar-refractivity contribution in [2.75, 3.05) is 0 Å². The summed E-state index contributed by atoms with van der Waals surface area (Å²) in [5, 5.41) is 21.9. The Kier molecular flexibility index (Phi) is 4.87. The van der Waals surface area contributed by atoms with Gasteiger partial charge in [0.25, 0.3) is 0 Å².